The van der Waals surface area contributed by atoms with Crippen LogP contribution in [-0.2, 0) is 4.79 Å². The highest BCUT2D eigenvalue weighted by molar-refractivity contribution is 5.82. The fourth-order valence-corrected chi connectivity index (χ4v) is 1.74. The summed E-state index contributed by atoms with van der Waals surface area (Å²) in [5, 5.41) is 28.5. The van der Waals surface area contributed by atoms with Gasteiger partial charge in [0.15, 0.2) is 6.04 Å². The number of carboxylic acids is 1. The van der Waals surface area contributed by atoms with E-state index in [-0.39, 0.29) is 6.61 Å². The molecule has 2 amide bonds. The van der Waals surface area contributed by atoms with Gasteiger partial charge in [0.25, 0.3) is 0 Å². The van der Waals surface area contributed by atoms with Crippen LogP contribution in [-0.4, -0.2) is 89.1 Å². The van der Waals surface area contributed by atoms with Crippen molar-refractivity contribution < 1.29 is 24.9 Å². The minimum absolute atomic E-state index is 0.0811. The van der Waals surface area contributed by atoms with E-state index in [0.717, 1.165) is 0 Å². The number of carbonyl (C=O) groups is 2. The summed E-state index contributed by atoms with van der Waals surface area (Å²) in [7, 11) is 0. The number of aliphatic hydroxyl groups excluding tert-OH is 2. The number of hydrogen-bond acceptors (Lipinski definition) is 5. The summed E-state index contributed by atoms with van der Waals surface area (Å²) in [4.78, 5) is 25.9. The van der Waals surface area contributed by atoms with E-state index in [9.17, 15) is 9.59 Å². The molecule has 0 bridgehead atoms. The van der Waals surface area contributed by atoms with E-state index >= 15 is 0 Å². The minimum atomic E-state index is -1.27. The van der Waals surface area contributed by atoms with Crippen molar-refractivity contribution in [3.8, 4) is 0 Å². The SMILES string of the molecule is O=C(O)[C@H](CO)NC(=O)N1CCN(CCO)CC1. The summed E-state index contributed by atoms with van der Waals surface area (Å²) in [6.07, 6.45) is 0. The molecule has 0 spiro atoms. The molecule has 0 saturated carbocycles. The molecule has 4 N–H and O–H groups in total. The number of piperazine rings is 1. The number of amides is 2. The highest BCUT2D eigenvalue weighted by atomic mass is 16.4. The Labute approximate surface area is 105 Å². The second kappa shape index (κ2) is 7.14. The molecule has 1 atom stereocenters. The number of nitrogens with one attached hydrogen (secondary N) is 1. The fraction of sp³-hybridized carbons (Fsp3) is 0.800. The topological polar surface area (TPSA) is 113 Å². The first-order chi connectivity index (χ1) is 8.58. The standard InChI is InChI=1S/C10H19N3O5/c14-6-5-12-1-3-13(4-2-12)10(18)11-8(7-15)9(16)17/h8,14-15H,1-7H2,(H,11,18)(H,16,17)/t8-/m0/s1. The second-order valence-electron chi connectivity index (χ2n) is 4.08. The number of aliphatic hydroxyl groups is 2. The molecule has 1 heterocycles. The van der Waals surface area contributed by atoms with Crippen LogP contribution < -0.4 is 5.32 Å². The lowest BCUT2D eigenvalue weighted by Gasteiger charge is -2.34. The molecule has 0 radical (unpaired) electrons. The van der Waals surface area contributed by atoms with Gasteiger partial charge in [0.1, 0.15) is 0 Å². The van der Waals surface area contributed by atoms with Crippen LogP contribution in [0.15, 0.2) is 0 Å². The van der Waals surface area contributed by atoms with E-state index in [1.54, 1.807) is 0 Å². The normalized spacial score (nSPS) is 18.4. The molecule has 1 rings (SSSR count). The zero-order valence-corrected chi connectivity index (χ0v) is 10.1. The van der Waals surface area contributed by atoms with Crippen molar-refractivity contribution in [2.75, 3.05) is 45.9 Å². The van der Waals surface area contributed by atoms with Crippen molar-refractivity contribution in [3.63, 3.8) is 0 Å². The summed E-state index contributed by atoms with van der Waals surface area (Å²) in [5.74, 6) is -1.26. The van der Waals surface area contributed by atoms with Crippen molar-refractivity contribution in [2.45, 2.75) is 6.04 Å². The predicted molar refractivity (Wildman–Crippen MR) is 62.1 cm³/mol. The maximum atomic E-state index is 11.7. The lowest BCUT2D eigenvalue weighted by Crippen LogP contribution is -2.55. The summed E-state index contributed by atoms with van der Waals surface area (Å²) in [6, 6.07) is -1.76. The first-order valence-electron chi connectivity index (χ1n) is 5.80. The van der Waals surface area contributed by atoms with Gasteiger partial charge in [0, 0.05) is 32.7 Å². The largest absolute Gasteiger partial charge is 0.480 e. The van der Waals surface area contributed by atoms with Gasteiger partial charge >= 0.3 is 12.0 Å². The van der Waals surface area contributed by atoms with Crippen LogP contribution in [0.5, 0.6) is 0 Å². The van der Waals surface area contributed by atoms with E-state index in [2.05, 4.69) is 5.32 Å². The number of aliphatic carboxylic acids is 1. The molecule has 1 aliphatic heterocycles. The molecular formula is C10H19N3O5. The van der Waals surface area contributed by atoms with E-state index < -0.39 is 24.6 Å². The first kappa shape index (κ1) is 14.7. The third kappa shape index (κ3) is 4.13. The molecule has 1 saturated heterocycles. The van der Waals surface area contributed by atoms with Crippen molar-refractivity contribution in [1.82, 2.24) is 15.1 Å². The number of urea groups is 1. The minimum Gasteiger partial charge on any atom is -0.480 e. The van der Waals surface area contributed by atoms with Crippen LogP contribution in [0.4, 0.5) is 4.79 Å². The number of β-amino-alcohol motifs (C(OH)–C–C–N with tert-alkyl or cyclic N) is 1. The highest BCUT2D eigenvalue weighted by Gasteiger charge is 2.25. The molecule has 0 aromatic heterocycles. The van der Waals surface area contributed by atoms with Gasteiger partial charge < -0.3 is 25.5 Å². The number of rotatable bonds is 5. The summed E-state index contributed by atoms with van der Waals surface area (Å²) in [6.45, 7) is 2.26. The van der Waals surface area contributed by atoms with Crippen molar-refractivity contribution in [2.24, 2.45) is 0 Å². The smallest absolute Gasteiger partial charge is 0.328 e. The van der Waals surface area contributed by atoms with Crippen LogP contribution in [0.2, 0.25) is 0 Å². The van der Waals surface area contributed by atoms with Gasteiger partial charge in [-0.1, -0.05) is 0 Å². The monoisotopic (exact) mass is 261 g/mol. The summed E-state index contributed by atoms with van der Waals surface area (Å²) < 4.78 is 0. The van der Waals surface area contributed by atoms with Gasteiger partial charge in [-0.3, -0.25) is 4.90 Å². The van der Waals surface area contributed by atoms with Crippen LogP contribution >= 0.6 is 0 Å². The Kier molecular flexibility index (Phi) is 5.83. The zero-order valence-electron chi connectivity index (χ0n) is 10.1. The third-order valence-electron chi connectivity index (χ3n) is 2.85. The molecule has 0 aromatic carbocycles. The van der Waals surface area contributed by atoms with Gasteiger partial charge in [0.05, 0.1) is 13.2 Å². The van der Waals surface area contributed by atoms with Gasteiger partial charge in [-0.05, 0) is 0 Å². The quantitative estimate of drug-likeness (QED) is 0.445. The van der Waals surface area contributed by atoms with E-state index in [1.165, 1.54) is 4.90 Å². The first-order valence-corrected chi connectivity index (χ1v) is 5.80. The Morgan fingerprint density at radius 3 is 2.22 bits per heavy atom. The Balaban J connectivity index is 2.38. The molecule has 1 aliphatic rings. The van der Waals surface area contributed by atoms with Crippen molar-refractivity contribution in [3.05, 3.63) is 0 Å². The van der Waals surface area contributed by atoms with Gasteiger partial charge in [-0.2, -0.15) is 0 Å². The van der Waals surface area contributed by atoms with E-state index in [4.69, 9.17) is 15.3 Å². The highest BCUT2D eigenvalue weighted by Crippen LogP contribution is 2.02. The lowest BCUT2D eigenvalue weighted by atomic mass is 10.3. The predicted octanol–water partition coefficient (Wildman–Crippen LogP) is -2.25. The Morgan fingerprint density at radius 2 is 1.78 bits per heavy atom. The third-order valence-corrected chi connectivity index (χ3v) is 2.85. The molecule has 0 aliphatic carbocycles. The molecule has 8 heteroatoms. The number of nitrogens with zero attached hydrogens (tertiary/aromatic N) is 2. The zero-order chi connectivity index (χ0) is 13.5. The second-order valence-corrected chi connectivity index (χ2v) is 4.08. The van der Waals surface area contributed by atoms with E-state index in [1.807, 2.05) is 4.90 Å². The Morgan fingerprint density at radius 1 is 1.17 bits per heavy atom. The number of carboxylic acid groups (broad SMARTS) is 1. The van der Waals surface area contributed by atoms with Crippen molar-refractivity contribution in [1.29, 1.82) is 0 Å². The van der Waals surface area contributed by atoms with Crippen LogP contribution in [0.1, 0.15) is 0 Å². The molecule has 0 aromatic rings. The maximum absolute atomic E-state index is 11.7. The molecule has 8 nitrogen and oxygen atoms in total. The molecule has 18 heavy (non-hydrogen) atoms. The van der Waals surface area contributed by atoms with Crippen molar-refractivity contribution >= 4 is 12.0 Å². The van der Waals surface area contributed by atoms with Crippen LogP contribution in [0.25, 0.3) is 0 Å². The Bertz CT molecular complexity index is 291. The Hall–Kier alpha value is -1.38. The van der Waals surface area contributed by atoms with E-state index in [0.29, 0.717) is 32.7 Å². The number of hydrogen-bond donors (Lipinski definition) is 4. The molecule has 0 unspecified atom stereocenters. The summed E-state index contributed by atoms with van der Waals surface area (Å²) in [5.41, 5.74) is 0. The average Bonchev–Trinajstić information content (AvgIpc) is 2.36. The molecule has 1 fully saturated rings. The van der Waals surface area contributed by atoms with Gasteiger partial charge in [-0.25, -0.2) is 9.59 Å². The molecule has 104 valence electrons. The summed E-state index contributed by atoms with van der Waals surface area (Å²) >= 11 is 0. The van der Waals surface area contributed by atoms with Gasteiger partial charge in [0.2, 0.25) is 0 Å². The van der Waals surface area contributed by atoms with Gasteiger partial charge in [-0.15, -0.1) is 0 Å². The average molecular weight is 261 g/mol. The maximum Gasteiger partial charge on any atom is 0.328 e. The lowest BCUT2D eigenvalue weighted by molar-refractivity contribution is -0.140. The van der Waals surface area contributed by atoms with Crippen LogP contribution in [0.3, 0.4) is 0 Å². The number of carbonyl (C=O) groups excluding carboxylic acids is 1. The fourth-order valence-electron chi connectivity index (χ4n) is 1.74. The van der Waals surface area contributed by atoms with Crippen LogP contribution in [0, 0.1) is 0 Å². The molecular weight excluding hydrogens is 242 g/mol.